The Balaban J connectivity index is 1.69. The highest BCUT2D eigenvalue weighted by molar-refractivity contribution is 6.02. The monoisotopic (exact) mass is 788 g/mol. The number of hydrogen-bond acceptors (Lipinski definition) is 10. The Morgan fingerprint density at radius 2 is 1.48 bits per heavy atom. The Labute approximate surface area is 338 Å². The second kappa shape index (κ2) is 16.8. The summed E-state index contributed by atoms with van der Waals surface area (Å²) in [5.74, 6) is -2.73. The van der Waals surface area contributed by atoms with Crippen LogP contribution in [0.2, 0.25) is 0 Å². The first-order valence-electron chi connectivity index (χ1n) is 19.3. The van der Waals surface area contributed by atoms with Crippen LogP contribution in [0.1, 0.15) is 71.7 Å². The van der Waals surface area contributed by atoms with E-state index in [1.807, 2.05) is 77.0 Å². The highest BCUT2D eigenvalue weighted by Crippen LogP contribution is 2.52. The summed E-state index contributed by atoms with van der Waals surface area (Å²) in [5.41, 5.74) is 10.7. The molecule has 5 heterocycles. The average Bonchev–Trinajstić information content (AvgIpc) is 3.85. The topological polar surface area (TPSA) is 169 Å². The number of methoxy groups -OCH3 is 3. The molecular weight excluding hydrogens is 737 g/mol. The lowest BCUT2D eigenvalue weighted by Gasteiger charge is -2.36. The molecule has 2 aliphatic heterocycles. The highest BCUT2D eigenvalue weighted by atomic mass is 16.5. The Hall–Kier alpha value is -6.08. The van der Waals surface area contributed by atoms with E-state index < -0.39 is 23.3 Å². The van der Waals surface area contributed by atoms with E-state index in [-0.39, 0.29) is 30.3 Å². The molecule has 3 aromatic heterocycles. The summed E-state index contributed by atoms with van der Waals surface area (Å²) in [5, 5.41) is 3.02. The van der Waals surface area contributed by atoms with Crippen molar-refractivity contribution in [3.05, 3.63) is 99.7 Å². The van der Waals surface area contributed by atoms with Crippen molar-refractivity contribution >= 4 is 62.6 Å². The number of H-pyrrole nitrogens is 2. The van der Waals surface area contributed by atoms with Gasteiger partial charge in [-0.3, -0.25) is 19.4 Å². The van der Waals surface area contributed by atoms with Gasteiger partial charge in [0.05, 0.1) is 55.1 Å². The average molecular weight is 789 g/mol. The van der Waals surface area contributed by atoms with Gasteiger partial charge in [-0.15, -0.1) is 0 Å². The molecule has 0 radical (unpaired) electrons. The number of ether oxygens (including phenoxy) is 3. The van der Waals surface area contributed by atoms with Crippen molar-refractivity contribution in [3.63, 3.8) is 0 Å². The van der Waals surface area contributed by atoms with E-state index in [2.05, 4.69) is 21.9 Å². The lowest BCUT2D eigenvalue weighted by Crippen LogP contribution is -2.42. The quantitative estimate of drug-likeness (QED) is 0.146. The molecule has 0 unspecified atom stereocenters. The molecule has 2 atom stereocenters. The van der Waals surface area contributed by atoms with E-state index in [0.717, 1.165) is 56.5 Å². The van der Waals surface area contributed by atoms with Gasteiger partial charge in [-0.25, -0.2) is 9.78 Å². The van der Waals surface area contributed by atoms with Crippen LogP contribution >= 0.6 is 0 Å². The number of fused-ring (bicyclic) bond motifs is 11. The van der Waals surface area contributed by atoms with Crippen molar-refractivity contribution in [1.82, 2.24) is 30.2 Å². The zero-order chi connectivity index (χ0) is 42.1. The van der Waals surface area contributed by atoms with Gasteiger partial charge in [-0.05, 0) is 112 Å². The van der Waals surface area contributed by atoms with Gasteiger partial charge in [0.25, 0.3) is 0 Å². The van der Waals surface area contributed by atoms with Crippen LogP contribution in [0.25, 0.3) is 38.8 Å². The van der Waals surface area contributed by atoms with Gasteiger partial charge in [0.15, 0.2) is 0 Å². The normalized spacial score (nSPS) is 17.3. The van der Waals surface area contributed by atoms with Crippen molar-refractivity contribution in [2.45, 2.75) is 58.8 Å². The fraction of sp³-hybridized carbons (Fsp3) is 0.378. The van der Waals surface area contributed by atoms with Gasteiger partial charge in [0.1, 0.15) is 5.92 Å². The minimum Gasteiger partial charge on any atom is -0.469 e. The molecule has 0 saturated carbocycles. The van der Waals surface area contributed by atoms with Crippen LogP contribution in [0.5, 0.6) is 0 Å². The molecular formula is C45H52N6O7. The first kappa shape index (κ1) is 41.6. The molecule has 1 aliphatic carbocycles. The molecule has 8 bridgehead atoms. The predicted molar refractivity (Wildman–Crippen MR) is 224 cm³/mol. The van der Waals surface area contributed by atoms with Crippen LogP contribution in [0, 0.1) is 19.8 Å². The van der Waals surface area contributed by atoms with Crippen LogP contribution in [0.3, 0.4) is 0 Å². The number of carbonyl (C=O) groups is 4. The number of aromatic nitrogens is 4. The molecule has 6 rings (SSSR count). The number of likely N-dealkylation sites (N-methyl/N-ethyl adjacent to an activating group) is 1. The van der Waals surface area contributed by atoms with E-state index >= 15 is 0 Å². The fourth-order valence-electron chi connectivity index (χ4n) is 8.20. The Bertz CT molecular complexity index is 2480. The molecule has 0 saturated heterocycles. The molecule has 0 spiro atoms. The summed E-state index contributed by atoms with van der Waals surface area (Å²) in [6, 6.07) is 7.81. The van der Waals surface area contributed by atoms with Gasteiger partial charge >= 0.3 is 17.9 Å². The minimum atomic E-state index is -1.17. The molecule has 13 heteroatoms. The number of allylic oxidation sites excluding steroid dienone is 6. The molecule has 3 aromatic rings. The van der Waals surface area contributed by atoms with E-state index in [9.17, 15) is 19.2 Å². The standard InChI is InChI=1S/C45H52N6O7/c1-11-27-24(2)33-21-38-31-15-12-30(43(54)57-9)42(44(55)58-10)45(31,5)39(50-38)23-34-26(4)29(14-17-41(53)56-8)37(49-34)22-36-28(13-16-40(52)46-18-19-51(6)7)25(3)32(48-36)20-35(27)47-33/h11-12,15,20-23,42,48-49H,1,13-14,16-19H2,2-10H3,(H,46,52)/t42-,45+/m0/s1. The van der Waals surface area contributed by atoms with Crippen molar-refractivity contribution in [1.29, 1.82) is 0 Å². The third-order valence-electron chi connectivity index (χ3n) is 11.6. The van der Waals surface area contributed by atoms with Crippen LogP contribution < -0.4 is 5.32 Å². The summed E-state index contributed by atoms with van der Waals surface area (Å²) < 4.78 is 15.5. The largest absolute Gasteiger partial charge is 0.469 e. The summed E-state index contributed by atoms with van der Waals surface area (Å²) in [4.78, 5) is 72.0. The molecule has 58 heavy (non-hydrogen) atoms. The highest BCUT2D eigenvalue weighted by Gasteiger charge is 2.53. The minimum absolute atomic E-state index is 0.0421. The van der Waals surface area contributed by atoms with Crippen LogP contribution in [-0.4, -0.2) is 97.2 Å². The van der Waals surface area contributed by atoms with Crippen molar-refractivity contribution in [2.24, 2.45) is 5.92 Å². The van der Waals surface area contributed by atoms with E-state index in [1.54, 1.807) is 12.2 Å². The molecule has 0 aromatic carbocycles. The third-order valence-corrected chi connectivity index (χ3v) is 11.6. The number of aryl methyl sites for hydroxylation is 4. The molecule has 304 valence electrons. The smallest absolute Gasteiger partial charge is 0.334 e. The summed E-state index contributed by atoms with van der Waals surface area (Å²) in [6.45, 7) is 13.3. The van der Waals surface area contributed by atoms with Gasteiger partial charge < -0.3 is 34.4 Å². The lowest BCUT2D eigenvalue weighted by atomic mass is 9.64. The van der Waals surface area contributed by atoms with Crippen molar-refractivity contribution < 1.29 is 33.4 Å². The second-order valence-corrected chi connectivity index (χ2v) is 15.3. The van der Waals surface area contributed by atoms with Gasteiger partial charge in [0.2, 0.25) is 5.91 Å². The van der Waals surface area contributed by atoms with Crippen molar-refractivity contribution in [2.75, 3.05) is 48.5 Å². The molecule has 3 aliphatic rings. The fourth-order valence-corrected chi connectivity index (χ4v) is 8.20. The maximum Gasteiger partial charge on any atom is 0.334 e. The van der Waals surface area contributed by atoms with Crippen LogP contribution in [0.15, 0.2) is 54.6 Å². The predicted octanol–water partition coefficient (Wildman–Crippen LogP) is 6.01. The summed E-state index contributed by atoms with van der Waals surface area (Å²) >= 11 is 0. The number of carbonyl (C=O) groups excluding carboxylic acids is 4. The maximum absolute atomic E-state index is 13.8. The number of aromatic amines is 2. The van der Waals surface area contributed by atoms with E-state index in [0.29, 0.717) is 53.3 Å². The zero-order valence-electron chi connectivity index (χ0n) is 34.8. The number of nitrogens with zero attached hydrogens (tertiary/aromatic N) is 3. The van der Waals surface area contributed by atoms with Crippen LogP contribution in [0.4, 0.5) is 0 Å². The molecule has 13 nitrogen and oxygen atoms in total. The number of hydrogen-bond donors (Lipinski definition) is 3. The summed E-state index contributed by atoms with van der Waals surface area (Å²) in [7, 11) is 7.87. The second-order valence-electron chi connectivity index (χ2n) is 15.3. The SMILES string of the molecule is C=CC1=C(C)c2cc3nc(cc4[nH]c(cc5[nH]c(cc1n2)c(C)c5CCC(=O)NCCN(C)C)c(CCC(=O)OC)c4C)[C@@]1(C)C3=CC=C(C(=O)OC)[C@H]1C(=O)OC. The van der Waals surface area contributed by atoms with E-state index in [1.165, 1.54) is 21.3 Å². The maximum atomic E-state index is 13.8. The molecule has 3 N–H and O–H groups in total. The number of nitrogens with one attached hydrogen (secondary N) is 3. The first-order valence-corrected chi connectivity index (χ1v) is 19.3. The van der Waals surface area contributed by atoms with Crippen molar-refractivity contribution in [3.8, 4) is 0 Å². The molecule has 0 fully saturated rings. The van der Waals surface area contributed by atoms with Gasteiger partial charge in [0, 0.05) is 53.6 Å². The van der Waals surface area contributed by atoms with Gasteiger partial charge in [-0.1, -0.05) is 24.8 Å². The lowest BCUT2D eigenvalue weighted by molar-refractivity contribution is -0.149. The Kier molecular flexibility index (Phi) is 12.0. The van der Waals surface area contributed by atoms with Gasteiger partial charge in [-0.2, -0.15) is 0 Å². The number of esters is 3. The number of amides is 1. The first-order chi connectivity index (χ1) is 27.7. The zero-order valence-corrected chi connectivity index (χ0v) is 34.8. The molecule has 1 amide bonds. The Morgan fingerprint density at radius 1 is 0.828 bits per heavy atom. The number of rotatable bonds is 12. The summed E-state index contributed by atoms with van der Waals surface area (Å²) in [6.07, 6.45) is 6.47. The Morgan fingerprint density at radius 3 is 2.09 bits per heavy atom. The third kappa shape index (κ3) is 7.66. The van der Waals surface area contributed by atoms with E-state index in [4.69, 9.17) is 24.2 Å². The van der Waals surface area contributed by atoms with Crippen LogP contribution in [-0.2, 0) is 51.6 Å².